The molecule has 1 saturated heterocycles. The molecule has 0 N–H and O–H groups in total. The number of thiazole rings is 1. The minimum atomic E-state index is 0.122. The standard InChI is InChI=1S/C17H20N2O3S/c1-2-22-15-5-3-13(4-6-15)17-18-14(12-23-17)11-16(20)19-7-9-21-10-8-19/h3-6,12H,2,7-11H2,1H3. The predicted octanol–water partition coefficient (Wildman–Crippen LogP) is 2.61. The van der Waals surface area contributed by atoms with E-state index in [1.165, 1.54) is 0 Å². The molecule has 1 amide bonds. The maximum absolute atomic E-state index is 12.2. The van der Waals surface area contributed by atoms with Gasteiger partial charge in [-0.25, -0.2) is 4.98 Å². The highest BCUT2D eigenvalue weighted by atomic mass is 32.1. The molecule has 122 valence electrons. The van der Waals surface area contributed by atoms with E-state index in [0.717, 1.165) is 22.0 Å². The third-order valence-electron chi connectivity index (χ3n) is 3.66. The number of aromatic nitrogens is 1. The summed E-state index contributed by atoms with van der Waals surface area (Å²) in [5, 5.41) is 2.89. The van der Waals surface area contributed by atoms with Crippen LogP contribution in [0, 0.1) is 0 Å². The van der Waals surface area contributed by atoms with E-state index in [2.05, 4.69) is 4.98 Å². The first-order chi connectivity index (χ1) is 11.3. The Kier molecular flexibility index (Phi) is 5.25. The van der Waals surface area contributed by atoms with Gasteiger partial charge in [-0.05, 0) is 31.2 Å². The first kappa shape index (κ1) is 16.0. The number of morpholine rings is 1. The highest BCUT2D eigenvalue weighted by Gasteiger charge is 2.18. The van der Waals surface area contributed by atoms with E-state index >= 15 is 0 Å². The molecule has 0 radical (unpaired) electrons. The molecule has 5 nitrogen and oxygen atoms in total. The van der Waals surface area contributed by atoms with Gasteiger partial charge in [0.2, 0.25) is 5.91 Å². The number of carbonyl (C=O) groups excluding carboxylic acids is 1. The molecule has 2 heterocycles. The number of amides is 1. The van der Waals surface area contributed by atoms with Crippen molar-refractivity contribution in [3.63, 3.8) is 0 Å². The molecule has 1 aliphatic rings. The molecular weight excluding hydrogens is 312 g/mol. The number of hydrogen-bond donors (Lipinski definition) is 0. The Hall–Kier alpha value is -1.92. The number of rotatable bonds is 5. The fourth-order valence-corrected chi connectivity index (χ4v) is 3.29. The number of ether oxygens (including phenoxy) is 2. The number of carbonyl (C=O) groups is 1. The smallest absolute Gasteiger partial charge is 0.228 e. The van der Waals surface area contributed by atoms with E-state index in [1.54, 1.807) is 11.3 Å². The topological polar surface area (TPSA) is 51.7 Å². The van der Waals surface area contributed by atoms with Crippen LogP contribution in [0.25, 0.3) is 10.6 Å². The van der Waals surface area contributed by atoms with Gasteiger partial charge in [0.1, 0.15) is 10.8 Å². The van der Waals surface area contributed by atoms with E-state index in [4.69, 9.17) is 9.47 Å². The quantitative estimate of drug-likeness (QED) is 0.844. The molecule has 0 spiro atoms. The lowest BCUT2D eigenvalue weighted by Gasteiger charge is -2.26. The molecule has 1 aromatic carbocycles. The Morgan fingerprint density at radius 2 is 2.04 bits per heavy atom. The molecule has 0 atom stereocenters. The SMILES string of the molecule is CCOc1ccc(-c2nc(CC(=O)N3CCOCC3)cs2)cc1. The second-order valence-corrected chi connectivity index (χ2v) is 6.13. The van der Waals surface area contributed by atoms with Crippen molar-refractivity contribution >= 4 is 17.2 Å². The summed E-state index contributed by atoms with van der Waals surface area (Å²) >= 11 is 1.56. The lowest BCUT2D eigenvalue weighted by Crippen LogP contribution is -2.41. The summed E-state index contributed by atoms with van der Waals surface area (Å²) in [5.41, 5.74) is 1.87. The largest absolute Gasteiger partial charge is 0.494 e. The number of benzene rings is 1. The fraction of sp³-hybridized carbons (Fsp3) is 0.412. The highest BCUT2D eigenvalue weighted by Crippen LogP contribution is 2.26. The van der Waals surface area contributed by atoms with Crippen LogP contribution in [0.15, 0.2) is 29.6 Å². The minimum Gasteiger partial charge on any atom is -0.494 e. The molecule has 3 rings (SSSR count). The van der Waals surface area contributed by atoms with E-state index in [9.17, 15) is 4.79 Å². The molecule has 0 unspecified atom stereocenters. The van der Waals surface area contributed by atoms with Gasteiger partial charge in [0.05, 0.1) is 31.9 Å². The van der Waals surface area contributed by atoms with Crippen LogP contribution >= 0.6 is 11.3 Å². The van der Waals surface area contributed by atoms with Gasteiger partial charge in [0.25, 0.3) is 0 Å². The summed E-state index contributed by atoms with van der Waals surface area (Å²) in [6.07, 6.45) is 0.355. The zero-order valence-electron chi connectivity index (χ0n) is 13.2. The van der Waals surface area contributed by atoms with Crippen molar-refractivity contribution < 1.29 is 14.3 Å². The summed E-state index contributed by atoms with van der Waals surface area (Å²) in [5.74, 6) is 0.979. The van der Waals surface area contributed by atoms with Gasteiger partial charge in [-0.2, -0.15) is 0 Å². The Balaban J connectivity index is 1.64. The molecule has 1 fully saturated rings. The number of nitrogens with zero attached hydrogens (tertiary/aromatic N) is 2. The molecule has 1 aromatic heterocycles. The summed E-state index contributed by atoms with van der Waals surface area (Å²) in [7, 11) is 0. The molecule has 2 aromatic rings. The van der Waals surface area contributed by atoms with Gasteiger partial charge in [0.15, 0.2) is 0 Å². The van der Waals surface area contributed by atoms with Crippen molar-refractivity contribution in [1.82, 2.24) is 9.88 Å². The lowest BCUT2D eigenvalue weighted by atomic mass is 10.2. The van der Waals surface area contributed by atoms with Crippen molar-refractivity contribution in [3.8, 4) is 16.3 Å². The number of hydrogen-bond acceptors (Lipinski definition) is 5. The van der Waals surface area contributed by atoms with E-state index in [-0.39, 0.29) is 5.91 Å². The van der Waals surface area contributed by atoms with Crippen LogP contribution in [-0.2, 0) is 16.0 Å². The van der Waals surface area contributed by atoms with Crippen molar-refractivity contribution in [2.45, 2.75) is 13.3 Å². The molecule has 23 heavy (non-hydrogen) atoms. The van der Waals surface area contributed by atoms with Gasteiger partial charge in [-0.3, -0.25) is 4.79 Å². The summed E-state index contributed by atoms with van der Waals surface area (Å²) in [6, 6.07) is 7.88. The average molecular weight is 332 g/mol. The zero-order chi connectivity index (χ0) is 16.1. The normalized spacial score (nSPS) is 14.7. The van der Waals surface area contributed by atoms with Gasteiger partial charge >= 0.3 is 0 Å². The highest BCUT2D eigenvalue weighted by molar-refractivity contribution is 7.13. The van der Waals surface area contributed by atoms with Crippen molar-refractivity contribution in [2.75, 3.05) is 32.9 Å². The van der Waals surface area contributed by atoms with Gasteiger partial charge < -0.3 is 14.4 Å². The molecule has 0 saturated carbocycles. The van der Waals surface area contributed by atoms with Crippen LogP contribution in [0.2, 0.25) is 0 Å². The van der Waals surface area contributed by atoms with E-state index in [0.29, 0.717) is 39.3 Å². The van der Waals surface area contributed by atoms with Crippen molar-refractivity contribution in [2.24, 2.45) is 0 Å². The summed E-state index contributed by atoms with van der Waals surface area (Å²) < 4.78 is 10.7. The van der Waals surface area contributed by atoms with Gasteiger partial charge in [-0.15, -0.1) is 11.3 Å². The van der Waals surface area contributed by atoms with Crippen LogP contribution in [0.3, 0.4) is 0 Å². The van der Waals surface area contributed by atoms with Crippen molar-refractivity contribution in [3.05, 3.63) is 35.3 Å². The van der Waals surface area contributed by atoms with Gasteiger partial charge in [0, 0.05) is 24.0 Å². The average Bonchev–Trinajstić information content (AvgIpc) is 3.05. The molecule has 1 aliphatic heterocycles. The van der Waals surface area contributed by atoms with E-state index < -0.39 is 0 Å². The Bertz CT molecular complexity index is 648. The van der Waals surface area contributed by atoms with Crippen LogP contribution in [-0.4, -0.2) is 48.7 Å². The third kappa shape index (κ3) is 4.09. The second kappa shape index (κ2) is 7.57. The molecular formula is C17H20N2O3S. The minimum absolute atomic E-state index is 0.122. The molecule has 0 bridgehead atoms. The first-order valence-corrected chi connectivity index (χ1v) is 8.67. The first-order valence-electron chi connectivity index (χ1n) is 7.79. The van der Waals surface area contributed by atoms with Gasteiger partial charge in [-0.1, -0.05) is 0 Å². The summed E-state index contributed by atoms with van der Waals surface area (Å²) in [4.78, 5) is 18.7. The lowest BCUT2D eigenvalue weighted by molar-refractivity contribution is -0.134. The third-order valence-corrected chi connectivity index (χ3v) is 4.60. The second-order valence-electron chi connectivity index (χ2n) is 5.27. The summed E-state index contributed by atoms with van der Waals surface area (Å²) in [6.45, 7) is 5.22. The monoisotopic (exact) mass is 332 g/mol. The Morgan fingerprint density at radius 3 is 2.74 bits per heavy atom. The van der Waals surface area contributed by atoms with Crippen LogP contribution in [0.5, 0.6) is 5.75 Å². The van der Waals surface area contributed by atoms with Crippen LogP contribution in [0.1, 0.15) is 12.6 Å². The molecule has 6 heteroatoms. The zero-order valence-corrected chi connectivity index (χ0v) is 14.0. The van der Waals surface area contributed by atoms with Crippen LogP contribution < -0.4 is 4.74 Å². The maximum Gasteiger partial charge on any atom is 0.228 e. The maximum atomic E-state index is 12.2. The Labute approximate surface area is 139 Å². The molecule has 0 aliphatic carbocycles. The van der Waals surface area contributed by atoms with Crippen molar-refractivity contribution in [1.29, 1.82) is 0 Å². The van der Waals surface area contributed by atoms with Crippen LogP contribution in [0.4, 0.5) is 0 Å². The van der Waals surface area contributed by atoms with E-state index in [1.807, 2.05) is 41.5 Å². The predicted molar refractivity (Wildman–Crippen MR) is 89.8 cm³/mol. The fourth-order valence-electron chi connectivity index (χ4n) is 2.46. The Morgan fingerprint density at radius 1 is 1.30 bits per heavy atom.